The predicted octanol–water partition coefficient (Wildman–Crippen LogP) is 2.52. The lowest BCUT2D eigenvalue weighted by atomic mass is 10.1. The van der Waals surface area contributed by atoms with E-state index < -0.39 is 15.8 Å². The zero-order valence-electron chi connectivity index (χ0n) is 9.45. The highest BCUT2D eigenvalue weighted by Crippen LogP contribution is 2.28. The molecule has 0 saturated heterocycles. The summed E-state index contributed by atoms with van der Waals surface area (Å²) < 4.78 is 22.6. The molecule has 1 aromatic carbocycles. The van der Waals surface area contributed by atoms with Crippen molar-refractivity contribution in [3.8, 4) is 11.1 Å². The van der Waals surface area contributed by atoms with Gasteiger partial charge >= 0.3 is 5.97 Å². The molecule has 0 unspecified atom stereocenters. The van der Waals surface area contributed by atoms with E-state index in [1.54, 1.807) is 22.9 Å². The Kier molecular flexibility index (Phi) is 3.23. The lowest BCUT2D eigenvalue weighted by Gasteiger charge is -2.02. The van der Waals surface area contributed by atoms with Gasteiger partial charge in [-0.15, -0.1) is 0 Å². The van der Waals surface area contributed by atoms with E-state index in [0.29, 0.717) is 11.1 Å². The number of carboxylic acid groups (broad SMARTS) is 1. The summed E-state index contributed by atoms with van der Waals surface area (Å²) in [6, 6.07) is 6.19. The van der Waals surface area contributed by atoms with E-state index in [1.807, 2.05) is 0 Å². The van der Waals surface area contributed by atoms with Crippen molar-refractivity contribution in [2.24, 2.45) is 0 Å². The summed E-state index contributed by atoms with van der Waals surface area (Å²) in [6.45, 7) is 0. The third-order valence-corrected chi connectivity index (χ3v) is 4.36. The molecule has 2 aromatic rings. The molecule has 1 heterocycles. The molecule has 1 aromatic heterocycles. The van der Waals surface area contributed by atoms with Gasteiger partial charge in [-0.1, -0.05) is 12.1 Å². The van der Waals surface area contributed by atoms with Gasteiger partial charge in [0.1, 0.15) is 0 Å². The van der Waals surface area contributed by atoms with Crippen LogP contribution in [0.1, 0.15) is 10.4 Å². The van der Waals surface area contributed by atoms with Gasteiger partial charge in [-0.3, -0.25) is 0 Å². The summed E-state index contributed by atoms with van der Waals surface area (Å²) >= 11 is 1.30. The topological polar surface area (TPSA) is 71.4 Å². The van der Waals surface area contributed by atoms with Crippen LogP contribution in [-0.2, 0) is 9.84 Å². The fraction of sp³-hybridized carbons (Fsp3) is 0.0833. The highest BCUT2D eigenvalue weighted by Gasteiger charge is 2.13. The normalized spacial score (nSPS) is 11.4. The van der Waals surface area contributed by atoms with Gasteiger partial charge in [0.25, 0.3) is 0 Å². The summed E-state index contributed by atoms with van der Waals surface area (Å²) in [6.07, 6.45) is 1.13. The Bertz CT molecular complexity index is 681. The summed E-state index contributed by atoms with van der Waals surface area (Å²) in [7, 11) is -3.23. The maximum absolute atomic E-state index is 11.3. The van der Waals surface area contributed by atoms with Crippen LogP contribution in [0.15, 0.2) is 39.9 Å². The van der Waals surface area contributed by atoms with Crippen molar-refractivity contribution in [1.82, 2.24) is 0 Å². The highest BCUT2D eigenvalue weighted by atomic mass is 32.2. The molecule has 94 valence electrons. The van der Waals surface area contributed by atoms with Gasteiger partial charge in [-0.25, -0.2) is 13.2 Å². The Morgan fingerprint density at radius 3 is 2.28 bits per heavy atom. The maximum Gasteiger partial charge on any atom is 0.337 e. The molecule has 0 aliphatic carbocycles. The van der Waals surface area contributed by atoms with Crippen LogP contribution in [0.5, 0.6) is 0 Å². The fourth-order valence-electron chi connectivity index (χ4n) is 1.57. The molecule has 0 spiro atoms. The van der Waals surface area contributed by atoms with Gasteiger partial charge < -0.3 is 5.11 Å². The molecule has 0 aliphatic rings. The van der Waals surface area contributed by atoms with Crippen molar-refractivity contribution in [1.29, 1.82) is 0 Å². The molecule has 0 saturated carbocycles. The van der Waals surface area contributed by atoms with E-state index in [4.69, 9.17) is 5.11 Å². The molecular weight excluding hydrogens is 272 g/mol. The monoisotopic (exact) mass is 282 g/mol. The predicted molar refractivity (Wildman–Crippen MR) is 69.8 cm³/mol. The van der Waals surface area contributed by atoms with Gasteiger partial charge in [0.2, 0.25) is 0 Å². The van der Waals surface area contributed by atoms with Crippen LogP contribution < -0.4 is 0 Å². The number of benzene rings is 1. The Labute approximate surface area is 108 Å². The number of rotatable bonds is 3. The first-order valence-corrected chi connectivity index (χ1v) is 7.83. The van der Waals surface area contributed by atoms with Gasteiger partial charge in [-0.05, 0) is 23.1 Å². The maximum atomic E-state index is 11.3. The molecule has 0 radical (unpaired) electrons. The van der Waals surface area contributed by atoms with Crippen LogP contribution in [-0.4, -0.2) is 25.7 Å². The number of thiophene rings is 1. The van der Waals surface area contributed by atoms with Crippen LogP contribution in [0.2, 0.25) is 0 Å². The van der Waals surface area contributed by atoms with Crippen LogP contribution in [0.25, 0.3) is 11.1 Å². The lowest BCUT2D eigenvalue weighted by Crippen LogP contribution is -1.98. The standard InChI is InChI=1S/C12H10O4S2/c1-18(15,16)9-4-2-8(3-5-9)10-6-17-7-11(10)12(13)14/h2-7H,1H3,(H,13,14). The fourth-order valence-corrected chi connectivity index (χ4v) is 3.03. The third kappa shape index (κ3) is 2.44. The second-order valence-corrected chi connectivity index (χ2v) is 6.56. The zero-order valence-corrected chi connectivity index (χ0v) is 11.1. The van der Waals surface area contributed by atoms with Crippen molar-refractivity contribution >= 4 is 27.1 Å². The molecule has 4 nitrogen and oxygen atoms in total. The third-order valence-electron chi connectivity index (χ3n) is 2.49. The van der Waals surface area contributed by atoms with Crippen LogP contribution in [0.4, 0.5) is 0 Å². The van der Waals surface area contributed by atoms with Crippen molar-refractivity contribution in [2.45, 2.75) is 4.90 Å². The van der Waals surface area contributed by atoms with Crippen LogP contribution in [0.3, 0.4) is 0 Å². The van der Waals surface area contributed by atoms with Crippen LogP contribution >= 0.6 is 11.3 Å². The van der Waals surface area contributed by atoms with E-state index >= 15 is 0 Å². The molecule has 1 N–H and O–H groups in total. The van der Waals surface area contributed by atoms with E-state index in [0.717, 1.165) is 6.26 Å². The number of aromatic carboxylic acids is 1. The first kappa shape index (κ1) is 12.8. The quantitative estimate of drug-likeness (QED) is 0.939. The number of sulfone groups is 1. The molecule has 6 heteroatoms. The number of hydrogen-bond acceptors (Lipinski definition) is 4. The second kappa shape index (κ2) is 4.55. The molecule has 2 rings (SSSR count). The Morgan fingerprint density at radius 1 is 1.17 bits per heavy atom. The van der Waals surface area contributed by atoms with E-state index in [-0.39, 0.29) is 10.5 Å². The Morgan fingerprint density at radius 2 is 1.78 bits per heavy atom. The van der Waals surface area contributed by atoms with Crippen molar-refractivity contribution in [2.75, 3.05) is 6.26 Å². The smallest absolute Gasteiger partial charge is 0.337 e. The average Bonchev–Trinajstić information content (AvgIpc) is 2.77. The second-order valence-electron chi connectivity index (χ2n) is 3.80. The molecule has 0 fully saturated rings. The van der Waals surface area contributed by atoms with Crippen molar-refractivity contribution in [3.05, 3.63) is 40.6 Å². The largest absolute Gasteiger partial charge is 0.478 e. The summed E-state index contributed by atoms with van der Waals surface area (Å²) in [5, 5.41) is 12.3. The van der Waals surface area contributed by atoms with Gasteiger partial charge in [-0.2, -0.15) is 11.3 Å². The summed E-state index contributed by atoms with van der Waals surface area (Å²) in [4.78, 5) is 11.2. The molecular formula is C12H10O4S2. The molecule has 0 aliphatic heterocycles. The number of hydrogen-bond donors (Lipinski definition) is 1. The lowest BCUT2D eigenvalue weighted by molar-refractivity contribution is 0.0698. The Balaban J connectivity index is 2.47. The van der Waals surface area contributed by atoms with Crippen molar-refractivity contribution < 1.29 is 18.3 Å². The number of carboxylic acids is 1. The molecule has 0 amide bonds. The van der Waals surface area contributed by atoms with E-state index in [1.165, 1.54) is 23.5 Å². The van der Waals surface area contributed by atoms with Crippen LogP contribution in [0, 0.1) is 0 Å². The minimum Gasteiger partial charge on any atom is -0.478 e. The minimum absolute atomic E-state index is 0.221. The summed E-state index contributed by atoms with van der Waals surface area (Å²) in [5.41, 5.74) is 1.53. The minimum atomic E-state index is -3.23. The SMILES string of the molecule is CS(=O)(=O)c1ccc(-c2cscc2C(=O)O)cc1. The molecule has 18 heavy (non-hydrogen) atoms. The van der Waals surface area contributed by atoms with Gasteiger partial charge in [0, 0.05) is 17.2 Å². The molecule has 0 atom stereocenters. The first-order valence-electron chi connectivity index (χ1n) is 4.99. The average molecular weight is 282 g/mol. The highest BCUT2D eigenvalue weighted by molar-refractivity contribution is 7.90. The van der Waals surface area contributed by atoms with Gasteiger partial charge in [0.15, 0.2) is 9.84 Å². The van der Waals surface area contributed by atoms with Gasteiger partial charge in [0.05, 0.1) is 10.5 Å². The Hall–Kier alpha value is -1.66. The van der Waals surface area contributed by atoms with E-state index in [2.05, 4.69) is 0 Å². The summed E-state index contributed by atoms with van der Waals surface area (Å²) in [5.74, 6) is -0.988. The van der Waals surface area contributed by atoms with Crippen molar-refractivity contribution in [3.63, 3.8) is 0 Å². The zero-order chi connectivity index (χ0) is 13.3. The van der Waals surface area contributed by atoms with E-state index in [9.17, 15) is 13.2 Å². The molecule has 0 bridgehead atoms. The number of carbonyl (C=O) groups is 1. The first-order chi connectivity index (χ1) is 8.39.